The van der Waals surface area contributed by atoms with Gasteiger partial charge in [0.05, 0.1) is 25.3 Å². The van der Waals surface area contributed by atoms with Crippen LogP contribution >= 0.6 is 0 Å². The number of rotatable bonds is 7. The van der Waals surface area contributed by atoms with Crippen LogP contribution in [0.4, 0.5) is 4.39 Å². The molecule has 2 heterocycles. The minimum absolute atomic E-state index is 0.000519. The van der Waals surface area contributed by atoms with Gasteiger partial charge in [-0.25, -0.2) is 4.39 Å². The highest BCUT2D eigenvalue weighted by molar-refractivity contribution is 5.81. The summed E-state index contributed by atoms with van der Waals surface area (Å²) in [6.07, 6.45) is -0.226. The first kappa shape index (κ1) is 26.4. The summed E-state index contributed by atoms with van der Waals surface area (Å²) in [5, 5.41) is 0. The second kappa shape index (κ2) is 12.1. The second-order valence-corrected chi connectivity index (χ2v) is 10.5. The molecule has 0 aromatic heterocycles. The number of carbonyl (C=O) groups is 1. The fraction of sp³-hybridized carbons (Fsp3) is 0.265. The predicted octanol–water partition coefficient (Wildman–Crippen LogP) is 5.74. The molecule has 40 heavy (non-hydrogen) atoms. The normalized spacial score (nSPS) is 20.8. The summed E-state index contributed by atoms with van der Waals surface area (Å²) in [5.74, 6) is -0.494. The largest absolute Gasteiger partial charge is 0.343 e. The van der Waals surface area contributed by atoms with Crippen molar-refractivity contribution in [1.29, 1.82) is 0 Å². The number of ether oxygens (including phenoxy) is 2. The lowest BCUT2D eigenvalue weighted by Crippen LogP contribution is -2.53. The molecule has 0 saturated carbocycles. The first-order valence-electron chi connectivity index (χ1n) is 13.8. The van der Waals surface area contributed by atoms with Crippen molar-refractivity contribution in [1.82, 2.24) is 9.80 Å². The summed E-state index contributed by atoms with van der Waals surface area (Å²) in [6.45, 7) is 2.82. The summed E-state index contributed by atoms with van der Waals surface area (Å²) in [6, 6.07) is 35.0. The van der Waals surface area contributed by atoms with Gasteiger partial charge < -0.3 is 14.4 Å². The Bertz CT molecular complexity index is 1360. The van der Waals surface area contributed by atoms with Crippen molar-refractivity contribution in [3.05, 3.63) is 143 Å². The van der Waals surface area contributed by atoms with Crippen molar-refractivity contribution < 1.29 is 18.7 Å². The number of benzene rings is 4. The van der Waals surface area contributed by atoms with Crippen LogP contribution < -0.4 is 0 Å². The van der Waals surface area contributed by atoms with Crippen LogP contribution in [-0.4, -0.2) is 47.8 Å². The molecule has 1 fully saturated rings. The van der Waals surface area contributed by atoms with Crippen LogP contribution in [-0.2, 0) is 33.8 Å². The second-order valence-electron chi connectivity index (χ2n) is 10.5. The average molecular weight is 537 g/mol. The van der Waals surface area contributed by atoms with E-state index in [9.17, 15) is 9.18 Å². The molecule has 0 N–H and O–H groups in total. The van der Waals surface area contributed by atoms with E-state index < -0.39 is 6.29 Å². The molecule has 1 saturated heterocycles. The fourth-order valence-corrected chi connectivity index (χ4v) is 5.74. The fourth-order valence-electron chi connectivity index (χ4n) is 5.74. The number of halogens is 1. The maximum Gasteiger partial charge on any atom is 0.280 e. The lowest BCUT2D eigenvalue weighted by Gasteiger charge is -2.41. The molecule has 0 bridgehead atoms. The van der Waals surface area contributed by atoms with Gasteiger partial charge in [-0.2, -0.15) is 0 Å². The number of amides is 1. The molecule has 2 aliphatic heterocycles. The van der Waals surface area contributed by atoms with E-state index in [0.29, 0.717) is 19.8 Å². The third-order valence-corrected chi connectivity index (χ3v) is 7.81. The molecule has 0 radical (unpaired) electrons. The van der Waals surface area contributed by atoms with Crippen LogP contribution in [0.5, 0.6) is 0 Å². The zero-order valence-corrected chi connectivity index (χ0v) is 22.4. The summed E-state index contributed by atoms with van der Waals surface area (Å²) in [7, 11) is 0. The first-order chi connectivity index (χ1) is 19.7. The van der Waals surface area contributed by atoms with E-state index in [-0.39, 0.29) is 23.8 Å². The molecule has 204 valence electrons. The minimum Gasteiger partial charge on any atom is -0.343 e. The maximum absolute atomic E-state index is 13.9. The maximum atomic E-state index is 13.9. The van der Waals surface area contributed by atoms with Crippen LogP contribution in [0.1, 0.15) is 33.9 Å². The highest BCUT2D eigenvalue weighted by Crippen LogP contribution is 2.36. The third kappa shape index (κ3) is 5.85. The van der Waals surface area contributed by atoms with E-state index in [4.69, 9.17) is 9.47 Å². The van der Waals surface area contributed by atoms with Gasteiger partial charge in [0.2, 0.25) is 6.29 Å². The molecule has 1 atom stereocenters. The standard InChI is InChI=1S/C34H33FN2O3/c35-29-17-15-28(16-18-29)32-31-14-8-7-13-27(31)19-20-37(32)33(38)34-39-23-30(24-40-34)36(21-25-9-3-1-4-10-25)22-26-11-5-2-6-12-26/h1-18,30,32,34H,19-24H2/t30?,32-,34?/m0/s1. The lowest BCUT2D eigenvalue weighted by molar-refractivity contribution is -0.216. The van der Waals surface area contributed by atoms with Crippen molar-refractivity contribution >= 4 is 5.91 Å². The Hall–Kier alpha value is -3.84. The van der Waals surface area contributed by atoms with Crippen molar-refractivity contribution in [2.45, 2.75) is 37.9 Å². The van der Waals surface area contributed by atoms with Gasteiger partial charge >= 0.3 is 0 Å². The van der Waals surface area contributed by atoms with Gasteiger partial charge in [-0.1, -0.05) is 97.1 Å². The minimum atomic E-state index is -0.972. The SMILES string of the molecule is O=C(C1OCC(N(Cc2ccccc2)Cc2ccccc2)CO1)N1CCc2ccccc2[C@@H]1c1ccc(F)cc1. The molecule has 1 amide bonds. The van der Waals surface area contributed by atoms with Crippen molar-refractivity contribution in [3.8, 4) is 0 Å². The first-order valence-corrected chi connectivity index (χ1v) is 13.8. The van der Waals surface area contributed by atoms with Gasteiger partial charge in [-0.15, -0.1) is 0 Å². The van der Waals surface area contributed by atoms with E-state index >= 15 is 0 Å². The number of hydrogen-bond acceptors (Lipinski definition) is 4. The van der Waals surface area contributed by atoms with Crippen LogP contribution in [0.2, 0.25) is 0 Å². The topological polar surface area (TPSA) is 42.0 Å². The molecular formula is C34H33FN2O3. The number of carbonyl (C=O) groups excluding carboxylic acids is 1. The monoisotopic (exact) mass is 536 g/mol. The number of hydrogen-bond donors (Lipinski definition) is 0. The molecule has 4 aromatic rings. The Morgan fingerprint density at radius 3 is 1.98 bits per heavy atom. The van der Waals surface area contributed by atoms with Gasteiger partial charge in [0.25, 0.3) is 5.91 Å². The van der Waals surface area contributed by atoms with Crippen LogP contribution in [0.15, 0.2) is 109 Å². The van der Waals surface area contributed by atoms with E-state index in [1.165, 1.54) is 28.8 Å². The van der Waals surface area contributed by atoms with Gasteiger partial charge in [-0.3, -0.25) is 9.69 Å². The number of fused-ring (bicyclic) bond motifs is 1. The van der Waals surface area contributed by atoms with Gasteiger partial charge in [0.15, 0.2) is 0 Å². The Labute approximate surface area is 234 Å². The molecule has 6 heteroatoms. The average Bonchev–Trinajstić information content (AvgIpc) is 3.01. The Morgan fingerprint density at radius 1 is 0.775 bits per heavy atom. The highest BCUT2D eigenvalue weighted by Gasteiger charge is 2.39. The molecule has 2 aliphatic rings. The lowest BCUT2D eigenvalue weighted by atomic mass is 9.88. The molecule has 5 nitrogen and oxygen atoms in total. The Kier molecular flexibility index (Phi) is 8.00. The van der Waals surface area contributed by atoms with Gasteiger partial charge in [0, 0.05) is 19.6 Å². The van der Waals surface area contributed by atoms with E-state index in [1.807, 2.05) is 59.5 Å². The highest BCUT2D eigenvalue weighted by atomic mass is 19.1. The van der Waals surface area contributed by atoms with Crippen LogP contribution in [0, 0.1) is 5.82 Å². The smallest absolute Gasteiger partial charge is 0.280 e. The zero-order chi connectivity index (χ0) is 27.3. The quantitative estimate of drug-likeness (QED) is 0.302. The molecule has 4 aromatic carbocycles. The van der Waals surface area contributed by atoms with E-state index in [1.54, 1.807) is 12.1 Å². The predicted molar refractivity (Wildman–Crippen MR) is 152 cm³/mol. The summed E-state index contributed by atoms with van der Waals surface area (Å²) in [4.78, 5) is 18.0. The summed E-state index contributed by atoms with van der Waals surface area (Å²) < 4.78 is 26.0. The molecular weight excluding hydrogens is 503 g/mol. The number of nitrogens with zero attached hydrogens (tertiary/aromatic N) is 2. The van der Waals surface area contributed by atoms with E-state index in [2.05, 4.69) is 35.2 Å². The van der Waals surface area contributed by atoms with Crippen molar-refractivity contribution in [3.63, 3.8) is 0 Å². The third-order valence-electron chi connectivity index (χ3n) is 7.81. The molecule has 0 spiro atoms. The van der Waals surface area contributed by atoms with Gasteiger partial charge in [-0.05, 0) is 46.4 Å². The molecule has 0 unspecified atom stereocenters. The van der Waals surface area contributed by atoms with Crippen LogP contribution in [0.3, 0.4) is 0 Å². The van der Waals surface area contributed by atoms with Crippen molar-refractivity contribution in [2.75, 3.05) is 19.8 Å². The van der Waals surface area contributed by atoms with Gasteiger partial charge in [0.1, 0.15) is 5.82 Å². The molecule has 6 rings (SSSR count). The van der Waals surface area contributed by atoms with E-state index in [0.717, 1.165) is 30.6 Å². The molecule has 0 aliphatic carbocycles. The summed E-state index contributed by atoms with van der Waals surface area (Å²) >= 11 is 0. The summed E-state index contributed by atoms with van der Waals surface area (Å²) in [5.41, 5.74) is 5.55. The van der Waals surface area contributed by atoms with Crippen molar-refractivity contribution in [2.24, 2.45) is 0 Å². The zero-order valence-electron chi connectivity index (χ0n) is 22.4. The van der Waals surface area contributed by atoms with Crippen LogP contribution in [0.25, 0.3) is 0 Å². The Morgan fingerprint density at radius 2 is 1.35 bits per heavy atom. The Balaban J connectivity index is 1.18.